The van der Waals surface area contributed by atoms with Crippen LogP contribution in [0.4, 0.5) is 10.3 Å². The highest BCUT2D eigenvalue weighted by molar-refractivity contribution is 5.84. The highest BCUT2D eigenvalue weighted by Crippen LogP contribution is 2.32. The van der Waals surface area contributed by atoms with E-state index in [0.717, 1.165) is 16.6 Å². The Bertz CT molecular complexity index is 1130. The fourth-order valence-electron chi connectivity index (χ4n) is 2.98. The van der Waals surface area contributed by atoms with Gasteiger partial charge >= 0.3 is 0 Å². The van der Waals surface area contributed by atoms with E-state index in [1.54, 1.807) is 36.0 Å². The Balaban J connectivity index is 1.87. The number of nitrogens with two attached hydrogens (primary N) is 1. The third kappa shape index (κ3) is 2.81. The number of benzene rings is 1. The molecule has 1 atom stereocenters. The van der Waals surface area contributed by atoms with Gasteiger partial charge in [0.1, 0.15) is 18.0 Å². The number of fused-ring (bicyclic) bond motifs is 1. The van der Waals surface area contributed by atoms with E-state index in [-0.39, 0.29) is 17.4 Å². The molecule has 0 saturated carbocycles. The van der Waals surface area contributed by atoms with Gasteiger partial charge in [-0.15, -0.1) is 0 Å². The highest BCUT2D eigenvalue weighted by atomic mass is 19.1. The molecule has 9 heteroatoms. The number of halogens is 1. The minimum Gasteiger partial charge on any atom is -0.379 e. The van der Waals surface area contributed by atoms with Gasteiger partial charge in [-0.2, -0.15) is 10.1 Å². The van der Waals surface area contributed by atoms with E-state index in [9.17, 15) is 9.50 Å². The molecular weight excluding hydrogens is 351 g/mol. The lowest BCUT2D eigenvalue weighted by atomic mass is 9.91. The van der Waals surface area contributed by atoms with Gasteiger partial charge in [-0.3, -0.25) is 0 Å². The Kier molecular flexibility index (Phi) is 3.88. The van der Waals surface area contributed by atoms with E-state index >= 15 is 0 Å². The van der Waals surface area contributed by atoms with Gasteiger partial charge in [0.15, 0.2) is 11.6 Å². The van der Waals surface area contributed by atoms with Crippen LogP contribution in [-0.2, 0) is 12.3 Å². The maximum absolute atomic E-state index is 12.8. The number of aromatic nitrogens is 5. The number of aliphatic hydroxyl groups is 1. The number of rotatable bonds is 4. The molecule has 4 aromatic rings. The van der Waals surface area contributed by atoms with Crippen LogP contribution in [0.3, 0.4) is 0 Å². The fourth-order valence-corrected chi connectivity index (χ4v) is 2.98. The van der Waals surface area contributed by atoms with Crippen LogP contribution in [0.2, 0.25) is 0 Å². The first-order valence-electron chi connectivity index (χ1n) is 8.23. The van der Waals surface area contributed by atoms with Crippen molar-refractivity contribution in [2.75, 3.05) is 5.73 Å². The Morgan fingerprint density at radius 1 is 1.30 bits per heavy atom. The van der Waals surface area contributed by atoms with E-state index in [0.29, 0.717) is 11.4 Å². The molecule has 3 aromatic heterocycles. The summed E-state index contributed by atoms with van der Waals surface area (Å²) in [5, 5.41) is 20.2. The molecule has 0 aliphatic carbocycles. The Hall–Kier alpha value is -3.33. The van der Waals surface area contributed by atoms with Gasteiger partial charge in [-0.05, 0) is 25.5 Å². The Labute approximate surface area is 153 Å². The van der Waals surface area contributed by atoms with Crippen molar-refractivity contribution in [3.63, 3.8) is 0 Å². The molecule has 0 fully saturated rings. The molecule has 1 unspecified atom stereocenters. The average Bonchev–Trinajstić information content (AvgIpc) is 3.27. The molecule has 0 aliphatic rings. The second-order valence-electron chi connectivity index (χ2n) is 6.39. The van der Waals surface area contributed by atoms with Gasteiger partial charge in [0.05, 0.1) is 11.2 Å². The van der Waals surface area contributed by atoms with Crippen molar-refractivity contribution in [1.29, 1.82) is 0 Å². The zero-order valence-corrected chi connectivity index (χ0v) is 14.7. The standard InChI is InChI=1S/C18H17FN6O2/c1-10-13-4-3-11(18(2,26)15-8-12(9-19)27-24-15)7-14(13)25(23-10)16-5-6-21-17(20)22-16/h3-8,26H,9H2,1-2H3,(H2,20,21,22). The van der Waals surface area contributed by atoms with Crippen molar-refractivity contribution in [3.8, 4) is 5.82 Å². The summed E-state index contributed by atoms with van der Waals surface area (Å²) < 4.78 is 19.3. The molecule has 138 valence electrons. The molecule has 27 heavy (non-hydrogen) atoms. The summed E-state index contributed by atoms with van der Waals surface area (Å²) in [6.07, 6.45) is 1.55. The topological polar surface area (TPSA) is 116 Å². The fraction of sp³-hybridized carbons (Fsp3) is 0.222. The van der Waals surface area contributed by atoms with Gasteiger partial charge in [0, 0.05) is 23.7 Å². The van der Waals surface area contributed by atoms with Gasteiger partial charge < -0.3 is 15.4 Å². The first kappa shape index (κ1) is 17.1. The first-order chi connectivity index (χ1) is 12.9. The average molecular weight is 368 g/mol. The summed E-state index contributed by atoms with van der Waals surface area (Å²) in [6.45, 7) is 2.67. The van der Waals surface area contributed by atoms with Crippen LogP contribution in [0.5, 0.6) is 0 Å². The predicted octanol–water partition coefficient (Wildman–Crippen LogP) is 2.42. The molecule has 4 rings (SSSR count). The van der Waals surface area contributed by atoms with Crippen molar-refractivity contribution in [1.82, 2.24) is 24.9 Å². The lowest BCUT2D eigenvalue weighted by Crippen LogP contribution is -2.23. The largest absolute Gasteiger partial charge is 0.379 e. The van der Waals surface area contributed by atoms with Crippen LogP contribution < -0.4 is 5.73 Å². The molecular formula is C18H17FN6O2. The van der Waals surface area contributed by atoms with Gasteiger partial charge in [0.25, 0.3) is 0 Å². The smallest absolute Gasteiger partial charge is 0.221 e. The summed E-state index contributed by atoms with van der Waals surface area (Å²) >= 11 is 0. The summed E-state index contributed by atoms with van der Waals surface area (Å²) in [5.74, 6) is 0.709. The van der Waals surface area contributed by atoms with Crippen molar-refractivity contribution in [3.05, 3.63) is 59.2 Å². The lowest BCUT2D eigenvalue weighted by molar-refractivity contribution is 0.0931. The van der Waals surface area contributed by atoms with Crippen LogP contribution in [0.15, 0.2) is 41.1 Å². The maximum Gasteiger partial charge on any atom is 0.221 e. The van der Waals surface area contributed by atoms with Crippen LogP contribution >= 0.6 is 0 Å². The third-order valence-corrected chi connectivity index (χ3v) is 4.49. The molecule has 1 aromatic carbocycles. The Morgan fingerprint density at radius 2 is 2.11 bits per heavy atom. The predicted molar refractivity (Wildman–Crippen MR) is 95.8 cm³/mol. The number of hydrogen-bond acceptors (Lipinski definition) is 7. The lowest BCUT2D eigenvalue weighted by Gasteiger charge is -2.21. The summed E-state index contributed by atoms with van der Waals surface area (Å²) in [4.78, 5) is 8.10. The van der Waals surface area contributed by atoms with E-state index < -0.39 is 12.3 Å². The number of nitrogens with zero attached hydrogens (tertiary/aromatic N) is 5. The van der Waals surface area contributed by atoms with Crippen molar-refractivity contribution >= 4 is 16.9 Å². The zero-order chi connectivity index (χ0) is 19.2. The SMILES string of the molecule is Cc1nn(-c2ccnc(N)n2)c2cc(C(C)(O)c3cc(CF)on3)ccc12. The molecule has 0 spiro atoms. The minimum absolute atomic E-state index is 0.0590. The molecule has 3 N–H and O–H groups in total. The van der Waals surface area contributed by atoms with E-state index in [1.165, 1.54) is 6.07 Å². The number of alkyl halides is 1. The highest BCUT2D eigenvalue weighted by Gasteiger charge is 2.30. The number of aryl methyl sites for hydroxylation is 1. The third-order valence-electron chi connectivity index (χ3n) is 4.49. The van der Waals surface area contributed by atoms with Crippen LogP contribution in [0, 0.1) is 6.92 Å². The molecule has 0 saturated heterocycles. The molecule has 0 amide bonds. The summed E-state index contributed by atoms with van der Waals surface area (Å²) in [5.41, 5.74) is 6.52. The van der Waals surface area contributed by atoms with Gasteiger partial charge in [-0.25, -0.2) is 14.1 Å². The molecule has 0 radical (unpaired) electrons. The number of anilines is 1. The Morgan fingerprint density at radius 3 is 2.81 bits per heavy atom. The van der Waals surface area contributed by atoms with Gasteiger partial charge in [-0.1, -0.05) is 17.3 Å². The van der Waals surface area contributed by atoms with Crippen LogP contribution in [0.1, 0.15) is 29.6 Å². The van der Waals surface area contributed by atoms with Crippen LogP contribution in [0.25, 0.3) is 16.7 Å². The van der Waals surface area contributed by atoms with E-state index in [4.69, 9.17) is 10.3 Å². The zero-order valence-electron chi connectivity index (χ0n) is 14.7. The summed E-state index contributed by atoms with van der Waals surface area (Å²) in [7, 11) is 0. The maximum atomic E-state index is 12.8. The normalized spacial score (nSPS) is 13.8. The molecule has 0 aliphatic heterocycles. The van der Waals surface area contributed by atoms with Crippen molar-refractivity contribution in [2.45, 2.75) is 26.1 Å². The van der Waals surface area contributed by atoms with Crippen molar-refractivity contribution < 1.29 is 14.0 Å². The molecule has 3 heterocycles. The van der Waals surface area contributed by atoms with Crippen LogP contribution in [-0.4, -0.2) is 30.0 Å². The van der Waals surface area contributed by atoms with E-state index in [2.05, 4.69) is 20.2 Å². The second-order valence-corrected chi connectivity index (χ2v) is 6.39. The monoisotopic (exact) mass is 368 g/mol. The second kappa shape index (κ2) is 6.13. The molecule has 0 bridgehead atoms. The molecule has 8 nitrogen and oxygen atoms in total. The van der Waals surface area contributed by atoms with Gasteiger partial charge in [0.2, 0.25) is 5.95 Å². The number of hydrogen-bond donors (Lipinski definition) is 2. The minimum atomic E-state index is -1.47. The first-order valence-corrected chi connectivity index (χ1v) is 8.23. The number of nitrogen functional groups attached to an aromatic ring is 1. The summed E-state index contributed by atoms with van der Waals surface area (Å²) in [6, 6.07) is 8.52. The quantitative estimate of drug-likeness (QED) is 0.568. The van der Waals surface area contributed by atoms with Crippen molar-refractivity contribution in [2.24, 2.45) is 0 Å². The van der Waals surface area contributed by atoms with E-state index in [1.807, 2.05) is 13.0 Å².